The Balaban J connectivity index is 1.93. The number of anilines is 2. The smallest absolute Gasteiger partial charge is 0.0575 e. The Morgan fingerprint density at radius 3 is 1.69 bits per heavy atom. The number of fused-ring (bicyclic) bond motifs is 3. The molecule has 5 aromatic carbocycles. The molecule has 5 aromatic rings. The quantitative estimate of drug-likeness (QED) is 0.271. The van der Waals surface area contributed by atoms with E-state index in [0.29, 0.717) is 0 Å². The van der Waals surface area contributed by atoms with Crippen molar-refractivity contribution in [2.45, 2.75) is 19.4 Å². The fourth-order valence-electron chi connectivity index (χ4n) is 5.23. The Bertz CT molecular complexity index is 1360. The Morgan fingerprint density at radius 2 is 1.09 bits per heavy atom. The van der Waals surface area contributed by atoms with Crippen LogP contribution in [-0.2, 0) is 0 Å². The van der Waals surface area contributed by atoms with Gasteiger partial charge in [0.25, 0.3) is 0 Å². The summed E-state index contributed by atoms with van der Waals surface area (Å²) in [5.74, 6) is 0. The summed E-state index contributed by atoms with van der Waals surface area (Å²) < 4.78 is 0. The van der Waals surface area contributed by atoms with Crippen LogP contribution >= 0.6 is 0 Å². The maximum absolute atomic E-state index is 2.58. The molecule has 0 unspecified atom stereocenters. The van der Waals surface area contributed by atoms with E-state index >= 15 is 0 Å². The molecule has 0 aliphatic heterocycles. The van der Waals surface area contributed by atoms with Crippen molar-refractivity contribution in [1.82, 2.24) is 4.90 Å². The number of hydrogen-bond donors (Lipinski definition) is 0. The molecule has 0 N–H and O–H groups in total. The molecule has 2 nitrogen and oxygen atoms in total. The van der Waals surface area contributed by atoms with E-state index in [-0.39, 0.29) is 5.54 Å². The molecule has 0 amide bonds. The van der Waals surface area contributed by atoms with Crippen molar-refractivity contribution in [2.75, 3.05) is 25.5 Å². The van der Waals surface area contributed by atoms with Crippen molar-refractivity contribution in [2.24, 2.45) is 0 Å². The van der Waals surface area contributed by atoms with Gasteiger partial charge in [0, 0.05) is 28.4 Å². The van der Waals surface area contributed by atoms with Crippen molar-refractivity contribution >= 4 is 43.7 Å². The predicted molar refractivity (Wildman–Crippen MR) is 140 cm³/mol. The second kappa shape index (κ2) is 7.96. The normalized spacial score (nSPS) is 12.2. The zero-order chi connectivity index (χ0) is 22.3. The van der Waals surface area contributed by atoms with E-state index in [1.165, 1.54) is 43.7 Å². The van der Waals surface area contributed by atoms with Crippen LogP contribution in [0.4, 0.5) is 11.4 Å². The van der Waals surface area contributed by atoms with Crippen LogP contribution in [0.3, 0.4) is 0 Å². The van der Waals surface area contributed by atoms with Gasteiger partial charge in [0.1, 0.15) is 0 Å². The van der Waals surface area contributed by atoms with Crippen LogP contribution in [0.2, 0.25) is 0 Å². The first-order valence-electron chi connectivity index (χ1n) is 11.3. The average Bonchev–Trinajstić information content (AvgIpc) is 2.78. The molecule has 0 aliphatic carbocycles. The van der Waals surface area contributed by atoms with E-state index < -0.39 is 0 Å². The fraction of sp³-hybridized carbons (Fsp3) is 0.200. The minimum Gasteiger partial charge on any atom is -0.333 e. The highest BCUT2D eigenvalue weighted by molar-refractivity contribution is 6.14. The van der Waals surface area contributed by atoms with Gasteiger partial charge in [-0.05, 0) is 56.2 Å². The van der Waals surface area contributed by atoms with Gasteiger partial charge in [-0.25, -0.2) is 0 Å². The maximum atomic E-state index is 2.58. The van der Waals surface area contributed by atoms with Crippen molar-refractivity contribution in [1.29, 1.82) is 0 Å². The summed E-state index contributed by atoms with van der Waals surface area (Å²) in [6, 6.07) is 35.3. The zero-order valence-electron chi connectivity index (χ0n) is 19.3. The Kier molecular flexibility index (Phi) is 5.11. The molecule has 0 saturated carbocycles. The Labute approximate surface area is 190 Å². The van der Waals surface area contributed by atoms with Gasteiger partial charge in [-0.2, -0.15) is 0 Å². The molecular formula is C30H30N2. The Hall–Kier alpha value is -3.36. The third-order valence-electron chi connectivity index (χ3n) is 6.28. The minimum atomic E-state index is -0.152. The molecule has 0 aromatic heterocycles. The highest BCUT2D eigenvalue weighted by Gasteiger charge is 2.32. The summed E-state index contributed by atoms with van der Waals surface area (Å²) >= 11 is 0. The lowest BCUT2D eigenvalue weighted by Gasteiger charge is -2.43. The van der Waals surface area contributed by atoms with Crippen molar-refractivity contribution in [3.05, 3.63) is 97.1 Å². The molecule has 0 atom stereocenters. The molecule has 2 heteroatoms. The summed E-state index contributed by atoms with van der Waals surface area (Å²) in [4.78, 5) is 4.87. The molecule has 0 fully saturated rings. The summed E-state index contributed by atoms with van der Waals surface area (Å²) in [5.41, 5.74) is 2.37. The number of nitrogens with zero attached hydrogens (tertiary/aromatic N) is 2. The van der Waals surface area contributed by atoms with Gasteiger partial charge in [-0.1, -0.05) is 84.9 Å². The molecule has 160 valence electrons. The topological polar surface area (TPSA) is 6.48 Å². The molecule has 0 bridgehead atoms. The molecule has 0 heterocycles. The van der Waals surface area contributed by atoms with Crippen LogP contribution in [0.1, 0.15) is 13.8 Å². The molecular weight excluding hydrogens is 388 g/mol. The van der Waals surface area contributed by atoms with Gasteiger partial charge in [-0.3, -0.25) is 0 Å². The van der Waals surface area contributed by atoms with Crippen LogP contribution in [0, 0.1) is 0 Å². The van der Waals surface area contributed by atoms with Crippen molar-refractivity contribution in [3.8, 4) is 0 Å². The van der Waals surface area contributed by atoms with Crippen molar-refractivity contribution < 1.29 is 0 Å². The van der Waals surface area contributed by atoms with Gasteiger partial charge in [0.05, 0.1) is 11.2 Å². The highest BCUT2D eigenvalue weighted by atomic mass is 15.2. The minimum absolute atomic E-state index is 0.152. The molecule has 0 spiro atoms. The fourth-order valence-corrected chi connectivity index (χ4v) is 5.23. The van der Waals surface area contributed by atoms with Gasteiger partial charge in [0.15, 0.2) is 0 Å². The van der Waals surface area contributed by atoms with E-state index in [2.05, 4.69) is 135 Å². The second-order valence-corrected chi connectivity index (χ2v) is 9.55. The number of likely N-dealkylation sites (N-methyl/N-ethyl adjacent to an activating group) is 1. The molecule has 0 radical (unpaired) electrons. The lowest BCUT2D eigenvalue weighted by Crippen LogP contribution is -2.48. The van der Waals surface area contributed by atoms with Gasteiger partial charge in [-0.15, -0.1) is 0 Å². The van der Waals surface area contributed by atoms with Crippen molar-refractivity contribution in [3.63, 3.8) is 0 Å². The lowest BCUT2D eigenvalue weighted by molar-refractivity contribution is 0.315. The molecule has 0 saturated heterocycles. The third kappa shape index (κ3) is 3.51. The second-order valence-electron chi connectivity index (χ2n) is 9.55. The van der Waals surface area contributed by atoms with E-state index in [4.69, 9.17) is 0 Å². The van der Waals surface area contributed by atoms with Crippen LogP contribution in [-0.4, -0.2) is 31.1 Å². The number of hydrogen-bond acceptors (Lipinski definition) is 2. The van der Waals surface area contributed by atoms with Crippen LogP contribution in [0.15, 0.2) is 97.1 Å². The molecule has 5 rings (SSSR count). The highest BCUT2D eigenvalue weighted by Crippen LogP contribution is 2.45. The SMILES string of the molecule is CN(C)CC(C)(C)N(c1cccc2ccccc12)c1c2ccccc2cc2ccccc12. The average molecular weight is 419 g/mol. The Morgan fingerprint density at radius 1 is 0.594 bits per heavy atom. The van der Waals surface area contributed by atoms with Crippen LogP contribution in [0.5, 0.6) is 0 Å². The van der Waals surface area contributed by atoms with E-state index in [0.717, 1.165) is 6.54 Å². The van der Waals surface area contributed by atoms with Gasteiger partial charge in [0.2, 0.25) is 0 Å². The largest absolute Gasteiger partial charge is 0.333 e. The third-order valence-corrected chi connectivity index (χ3v) is 6.28. The number of rotatable bonds is 5. The lowest BCUT2D eigenvalue weighted by atomic mass is 9.93. The summed E-state index contributed by atoms with van der Waals surface area (Å²) in [6.07, 6.45) is 0. The predicted octanol–water partition coefficient (Wildman–Crippen LogP) is 7.62. The van der Waals surface area contributed by atoms with Crippen LogP contribution in [0.25, 0.3) is 32.3 Å². The first kappa shape index (κ1) is 20.5. The summed E-state index contributed by atoms with van der Waals surface area (Å²) in [7, 11) is 4.31. The standard InChI is InChI=1S/C30H30N2/c1-30(2,21-31(3)4)32(28-19-11-15-22-12-5-8-16-25(22)28)29-26-17-9-6-13-23(26)20-24-14-7-10-18-27(24)29/h5-20H,21H2,1-4H3. The summed E-state index contributed by atoms with van der Waals surface area (Å²) in [6.45, 7) is 5.63. The molecule has 0 aliphatic rings. The number of benzene rings is 5. The van der Waals surface area contributed by atoms with Gasteiger partial charge >= 0.3 is 0 Å². The summed E-state index contributed by atoms with van der Waals surface area (Å²) in [5, 5.41) is 7.65. The zero-order valence-corrected chi connectivity index (χ0v) is 19.3. The monoisotopic (exact) mass is 418 g/mol. The van der Waals surface area contributed by atoms with E-state index in [1.807, 2.05) is 0 Å². The maximum Gasteiger partial charge on any atom is 0.0575 e. The first-order valence-corrected chi connectivity index (χ1v) is 11.3. The van der Waals surface area contributed by atoms with E-state index in [9.17, 15) is 0 Å². The van der Waals surface area contributed by atoms with E-state index in [1.54, 1.807) is 0 Å². The first-order chi connectivity index (χ1) is 15.5. The van der Waals surface area contributed by atoms with Gasteiger partial charge < -0.3 is 9.80 Å². The van der Waals surface area contributed by atoms with Crippen LogP contribution < -0.4 is 4.90 Å². The molecule has 32 heavy (non-hydrogen) atoms.